The monoisotopic (exact) mass is 305 g/mol. The van der Waals surface area contributed by atoms with Gasteiger partial charge in [-0.05, 0) is 47.1 Å². The molecule has 4 nitrogen and oxygen atoms in total. The van der Waals surface area contributed by atoms with Gasteiger partial charge in [-0.15, -0.1) is 0 Å². The minimum absolute atomic E-state index is 0.0909. The van der Waals surface area contributed by atoms with Crippen LogP contribution < -0.4 is 5.32 Å². The van der Waals surface area contributed by atoms with Gasteiger partial charge in [-0.25, -0.2) is 0 Å². The average Bonchev–Trinajstić information content (AvgIpc) is 2.37. The van der Waals surface area contributed by atoms with E-state index >= 15 is 0 Å². The molecule has 1 aromatic carbocycles. The van der Waals surface area contributed by atoms with Gasteiger partial charge >= 0.3 is 5.97 Å². The number of carbonyl (C=O) groups is 2. The van der Waals surface area contributed by atoms with E-state index in [0.717, 1.165) is 11.1 Å². The summed E-state index contributed by atoms with van der Waals surface area (Å²) in [6.45, 7) is 11.1. The van der Waals surface area contributed by atoms with Crippen molar-refractivity contribution < 1.29 is 14.7 Å². The number of carboxylic acids is 1. The minimum atomic E-state index is -0.918. The fraction of sp³-hybridized carbons (Fsp3) is 0.556. The molecular weight excluding hydrogens is 278 g/mol. The lowest BCUT2D eigenvalue weighted by atomic mass is 9.76. The maximum absolute atomic E-state index is 12.8. The molecule has 2 N–H and O–H groups in total. The Bertz CT molecular complexity index is 561. The molecule has 0 heterocycles. The van der Waals surface area contributed by atoms with Gasteiger partial charge in [-0.2, -0.15) is 0 Å². The number of rotatable bonds is 7. The van der Waals surface area contributed by atoms with E-state index in [-0.39, 0.29) is 12.2 Å². The van der Waals surface area contributed by atoms with Gasteiger partial charge in [0.1, 0.15) is 11.8 Å². The van der Waals surface area contributed by atoms with Crippen molar-refractivity contribution >= 4 is 11.8 Å². The summed E-state index contributed by atoms with van der Waals surface area (Å²) in [6.07, 6.45) is 0.269. The summed E-state index contributed by atoms with van der Waals surface area (Å²) < 4.78 is 0. The highest BCUT2D eigenvalue weighted by Gasteiger charge is 2.35. The molecule has 0 aliphatic heterocycles. The van der Waals surface area contributed by atoms with Gasteiger partial charge in [0.15, 0.2) is 0 Å². The van der Waals surface area contributed by atoms with Crippen LogP contribution in [0.15, 0.2) is 24.3 Å². The van der Waals surface area contributed by atoms with Crippen LogP contribution in [0.5, 0.6) is 0 Å². The molecular formula is C18H27NO3. The summed E-state index contributed by atoms with van der Waals surface area (Å²) >= 11 is 0. The number of hydrogen-bond donors (Lipinski definition) is 2. The summed E-state index contributed by atoms with van der Waals surface area (Å²) in [7, 11) is 0. The number of ketones is 1. The molecule has 0 fully saturated rings. The zero-order valence-electron chi connectivity index (χ0n) is 14.4. The molecule has 1 unspecified atom stereocenters. The maximum atomic E-state index is 12.8. The van der Waals surface area contributed by atoms with Gasteiger partial charge < -0.3 is 5.11 Å². The third kappa shape index (κ3) is 4.67. The largest absolute Gasteiger partial charge is 0.480 e. The van der Waals surface area contributed by atoms with Crippen molar-refractivity contribution in [2.24, 2.45) is 0 Å². The van der Waals surface area contributed by atoms with Crippen LogP contribution in [-0.2, 0) is 15.0 Å². The Morgan fingerprint density at radius 3 is 2.32 bits per heavy atom. The van der Waals surface area contributed by atoms with Gasteiger partial charge in [0.05, 0.1) is 0 Å². The molecule has 4 heteroatoms. The van der Waals surface area contributed by atoms with Gasteiger partial charge in [-0.3, -0.25) is 14.9 Å². The van der Waals surface area contributed by atoms with Crippen LogP contribution in [0, 0.1) is 6.92 Å². The van der Waals surface area contributed by atoms with Crippen LogP contribution in [0.4, 0.5) is 0 Å². The fourth-order valence-electron chi connectivity index (χ4n) is 2.52. The van der Waals surface area contributed by atoms with E-state index in [1.165, 1.54) is 0 Å². The first-order valence-electron chi connectivity index (χ1n) is 7.57. The maximum Gasteiger partial charge on any atom is 0.320 e. The van der Waals surface area contributed by atoms with Crippen molar-refractivity contribution in [1.82, 2.24) is 5.32 Å². The predicted molar refractivity (Wildman–Crippen MR) is 88.1 cm³/mol. The smallest absolute Gasteiger partial charge is 0.320 e. The van der Waals surface area contributed by atoms with E-state index in [9.17, 15) is 9.59 Å². The van der Waals surface area contributed by atoms with Gasteiger partial charge in [0.2, 0.25) is 0 Å². The van der Waals surface area contributed by atoms with Crippen LogP contribution >= 0.6 is 0 Å². The van der Waals surface area contributed by atoms with E-state index in [1.807, 2.05) is 58.9 Å². The highest BCUT2D eigenvalue weighted by atomic mass is 16.4. The number of Topliss-reactive ketones (excluding diaryl/α,β-unsaturated/α-hetero) is 1. The summed E-state index contributed by atoms with van der Waals surface area (Å²) in [4.78, 5) is 23.7. The van der Waals surface area contributed by atoms with Crippen LogP contribution in [-0.4, -0.2) is 28.4 Å². The number of hydrogen-bond acceptors (Lipinski definition) is 3. The van der Waals surface area contributed by atoms with Crippen molar-refractivity contribution in [2.75, 3.05) is 0 Å². The van der Waals surface area contributed by atoms with Gasteiger partial charge in [-0.1, -0.05) is 29.8 Å². The molecule has 0 aliphatic carbocycles. The summed E-state index contributed by atoms with van der Waals surface area (Å²) in [6, 6.07) is 7.26. The highest BCUT2D eigenvalue weighted by molar-refractivity contribution is 5.90. The lowest BCUT2D eigenvalue weighted by Crippen LogP contribution is -2.50. The molecule has 0 saturated carbocycles. The van der Waals surface area contributed by atoms with Crippen molar-refractivity contribution in [3.05, 3.63) is 35.4 Å². The normalized spacial score (nSPS) is 13.7. The first-order chi connectivity index (χ1) is 9.95. The molecule has 1 aromatic rings. The van der Waals surface area contributed by atoms with E-state index < -0.39 is 23.0 Å². The second kappa shape index (κ2) is 6.61. The summed E-state index contributed by atoms with van der Waals surface area (Å²) in [5.41, 5.74) is 0.933. The summed E-state index contributed by atoms with van der Waals surface area (Å²) in [5, 5.41) is 12.0. The molecule has 0 amide bonds. The molecule has 0 spiro atoms. The number of benzene rings is 1. The lowest BCUT2D eigenvalue weighted by Gasteiger charge is -2.32. The van der Waals surface area contributed by atoms with Crippen molar-refractivity contribution in [1.29, 1.82) is 0 Å². The van der Waals surface area contributed by atoms with Crippen molar-refractivity contribution in [3.8, 4) is 0 Å². The highest BCUT2D eigenvalue weighted by Crippen LogP contribution is 2.28. The number of carbonyl (C=O) groups excluding carboxylic acids is 1. The van der Waals surface area contributed by atoms with Crippen molar-refractivity contribution in [2.45, 2.75) is 65.0 Å². The van der Waals surface area contributed by atoms with Crippen LogP contribution in [0.2, 0.25) is 0 Å². The number of nitrogens with one attached hydrogen (secondary N) is 1. The minimum Gasteiger partial charge on any atom is -0.480 e. The van der Waals surface area contributed by atoms with E-state index in [1.54, 1.807) is 6.92 Å². The van der Waals surface area contributed by atoms with Crippen LogP contribution in [0.3, 0.4) is 0 Å². The molecule has 0 saturated heterocycles. The molecule has 1 atom stereocenters. The quantitative estimate of drug-likeness (QED) is 0.812. The standard InChI is InChI=1S/C18H27NO3/c1-12-8-7-9-14(10-12)18(5,6)15(20)11-17(3,4)19-13(2)16(21)22/h7-10,13,19H,11H2,1-6H3,(H,21,22). The molecule has 122 valence electrons. The molecule has 22 heavy (non-hydrogen) atoms. The van der Waals surface area contributed by atoms with Crippen LogP contribution in [0.1, 0.15) is 52.2 Å². The van der Waals surface area contributed by atoms with Gasteiger partial charge in [0.25, 0.3) is 0 Å². The first kappa shape index (κ1) is 18.4. The molecule has 0 radical (unpaired) electrons. The number of aliphatic carboxylic acids is 1. The number of aryl methyl sites for hydroxylation is 1. The fourth-order valence-corrected chi connectivity index (χ4v) is 2.52. The van der Waals surface area contributed by atoms with E-state index in [4.69, 9.17) is 5.11 Å². The topological polar surface area (TPSA) is 66.4 Å². The third-order valence-electron chi connectivity index (χ3n) is 4.02. The number of carboxylic acid groups (broad SMARTS) is 1. The Morgan fingerprint density at radius 1 is 1.23 bits per heavy atom. The third-order valence-corrected chi connectivity index (χ3v) is 4.02. The Hall–Kier alpha value is -1.68. The molecule has 0 bridgehead atoms. The second-order valence-corrected chi connectivity index (χ2v) is 7.18. The predicted octanol–water partition coefficient (Wildman–Crippen LogP) is 3.07. The Labute approximate surface area is 132 Å². The zero-order chi connectivity index (χ0) is 17.1. The lowest BCUT2D eigenvalue weighted by molar-refractivity contribution is -0.140. The average molecular weight is 305 g/mol. The molecule has 0 aliphatic rings. The van der Waals surface area contributed by atoms with Crippen molar-refractivity contribution in [3.63, 3.8) is 0 Å². The van der Waals surface area contributed by atoms with Crippen LogP contribution in [0.25, 0.3) is 0 Å². The summed E-state index contributed by atoms with van der Waals surface area (Å²) in [5.74, 6) is -0.827. The van der Waals surface area contributed by atoms with E-state index in [0.29, 0.717) is 0 Å². The molecule has 1 rings (SSSR count). The Morgan fingerprint density at radius 2 is 1.82 bits per heavy atom. The van der Waals surface area contributed by atoms with E-state index in [2.05, 4.69) is 5.32 Å². The van der Waals surface area contributed by atoms with Gasteiger partial charge in [0, 0.05) is 17.4 Å². The second-order valence-electron chi connectivity index (χ2n) is 7.18. The SMILES string of the molecule is Cc1cccc(C(C)(C)C(=O)CC(C)(C)NC(C)C(=O)O)c1. The Balaban J connectivity index is 2.88. The molecule has 0 aromatic heterocycles. The Kier molecular flexibility index (Phi) is 5.52. The zero-order valence-corrected chi connectivity index (χ0v) is 14.4. The first-order valence-corrected chi connectivity index (χ1v) is 7.57.